The van der Waals surface area contributed by atoms with Gasteiger partial charge >= 0.3 is 0 Å². The van der Waals surface area contributed by atoms with Crippen LogP contribution in [0.3, 0.4) is 0 Å². The molecule has 6 heteroatoms. The molecule has 0 fully saturated rings. The van der Waals surface area contributed by atoms with Crippen LogP contribution >= 0.6 is 0 Å². The van der Waals surface area contributed by atoms with E-state index in [4.69, 9.17) is 5.53 Å². The number of carbonyl (C=O) groups is 1. The van der Waals surface area contributed by atoms with E-state index in [1.165, 1.54) is 6.20 Å². The van der Waals surface area contributed by atoms with Gasteiger partial charge in [0.2, 0.25) is 0 Å². The average Bonchev–Trinajstić information content (AvgIpc) is 2.61. The van der Waals surface area contributed by atoms with Crippen LogP contribution in [0.1, 0.15) is 10.4 Å². The van der Waals surface area contributed by atoms with Crippen molar-refractivity contribution in [1.29, 1.82) is 0 Å². The maximum Gasteiger partial charge on any atom is 0.251 e. The van der Waals surface area contributed by atoms with E-state index in [2.05, 4.69) is 15.0 Å². The molecule has 0 aliphatic rings. The van der Waals surface area contributed by atoms with Crippen LogP contribution in [0, 0.1) is 0 Å². The fourth-order valence-corrected chi connectivity index (χ4v) is 1.49. The number of pyridine rings is 1. The Bertz CT molecular complexity index is 579. The zero-order valence-electron chi connectivity index (χ0n) is 7.95. The highest BCUT2D eigenvalue weighted by Gasteiger charge is 2.11. The number of hydrogen-bond donors (Lipinski definition) is 0. The lowest BCUT2D eigenvalue weighted by Gasteiger charge is -2.00. The summed E-state index contributed by atoms with van der Waals surface area (Å²) in [6, 6.07) is 3.33. The molecule has 0 atom stereocenters. The lowest BCUT2D eigenvalue weighted by atomic mass is 10.2. The van der Waals surface area contributed by atoms with Gasteiger partial charge in [-0.1, -0.05) is 0 Å². The number of azide groups is 1. The van der Waals surface area contributed by atoms with E-state index in [0.29, 0.717) is 16.6 Å². The average molecular weight is 201 g/mol. The Balaban J connectivity index is 2.74. The molecular formula is C9H7N5O. The number of carbonyl (C=O) groups excluding carboxylic acids is 1. The molecule has 2 heterocycles. The monoisotopic (exact) mass is 201 g/mol. The molecule has 6 nitrogen and oxygen atoms in total. The summed E-state index contributed by atoms with van der Waals surface area (Å²) in [4.78, 5) is 18.0. The molecule has 0 aliphatic carbocycles. The molecule has 0 aliphatic heterocycles. The molecule has 2 aromatic rings. The van der Waals surface area contributed by atoms with E-state index in [-0.39, 0.29) is 0 Å². The summed E-state index contributed by atoms with van der Waals surface area (Å²) in [6.45, 7) is 0. The van der Waals surface area contributed by atoms with Crippen LogP contribution in [0.4, 0.5) is 0 Å². The van der Waals surface area contributed by atoms with Crippen molar-refractivity contribution >= 4 is 16.9 Å². The van der Waals surface area contributed by atoms with Crippen molar-refractivity contribution < 1.29 is 4.79 Å². The fraction of sp³-hybridized carbons (Fsp3) is 0.111. The zero-order chi connectivity index (χ0) is 10.8. The zero-order valence-corrected chi connectivity index (χ0v) is 7.95. The number of aryl methyl sites for hydroxylation is 1. The van der Waals surface area contributed by atoms with E-state index in [1.807, 2.05) is 0 Å². The molecule has 0 saturated heterocycles. The molecule has 0 aromatic carbocycles. The van der Waals surface area contributed by atoms with Crippen LogP contribution in [0.5, 0.6) is 0 Å². The van der Waals surface area contributed by atoms with Gasteiger partial charge in [0.15, 0.2) is 0 Å². The third kappa shape index (κ3) is 1.43. The van der Waals surface area contributed by atoms with Crippen molar-refractivity contribution in [2.75, 3.05) is 0 Å². The number of rotatable bonds is 1. The smallest absolute Gasteiger partial charge is 0.251 e. The summed E-state index contributed by atoms with van der Waals surface area (Å²) < 4.78 is 1.77. The highest BCUT2D eigenvalue weighted by molar-refractivity contribution is 6.05. The first-order valence-corrected chi connectivity index (χ1v) is 4.23. The third-order valence-electron chi connectivity index (χ3n) is 2.13. The summed E-state index contributed by atoms with van der Waals surface area (Å²) in [5.74, 6) is -0.591. The second kappa shape index (κ2) is 3.43. The van der Waals surface area contributed by atoms with Gasteiger partial charge in [-0.3, -0.25) is 9.78 Å². The molecular weight excluding hydrogens is 194 g/mol. The van der Waals surface area contributed by atoms with E-state index in [1.54, 1.807) is 29.9 Å². The summed E-state index contributed by atoms with van der Waals surface area (Å²) in [5, 5.41) is 3.07. The van der Waals surface area contributed by atoms with Gasteiger partial charge in [-0.25, -0.2) is 0 Å². The van der Waals surface area contributed by atoms with Crippen LogP contribution in [0.15, 0.2) is 29.6 Å². The second-order valence-electron chi connectivity index (χ2n) is 3.01. The highest BCUT2D eigenvalue weighted by Crippen LogP contribution is 2.17. The lowest BCUT2D eigenvalue weighted by molar-refractivity contribution is 0.100. The molecule has 2 rings (SSSR count). The number of amides is 1. The first-order chi connectivity index (χ1) is 7.24. The first kappa shape index (κ1) is 9.23. The molecule has 0 unspecified atom stereocenters. The summed E-state index contributed by atoms with van der Waals surface area (Å²) >= 11 is 0. The van der Waals surface area contributed by atoms with E-state index >= 15 is 0 Å². The molecule has 0 bridgehead atoms. The van der Waals surface area contributed by atoms with E-state index in [0.717, 1.165) is 0 Å². The van der Waals surface area contributed by atoms with Crippen LogP contribution < -0.4 is 0 Å². The Labute approximate surface area is 84.8 Å². The molecule has 0 saturated carbocycles. The minimum atomic E-state index is -0.591. The number of fused-ring (bicyclic) bond motifs is 1. The van der Waals surface area contributed by atoms with E-state index in [9.17, 15) is 4.79 Å². The van der Waals surface area contributed by atoms with Gasteiger partial charge in [0.1, 0.15) is 0 Å². The summed E-state index contributed by atoms with van der Waals surface area (Å²) in [7, 11) is 1.80. The minimum Gasteiger partial charge on any atom is -0.349 e. The topological polar surface area (TPSA) is 83.7 Å². The number of nitrogens with zero attached hydrogens (tertiary/aromatic N) is 5. The molecule has 2 aromatic heterocycles. The van der Waals surface area contributed by atoms with Gasteiger partial charge in [0, 0.05) is 24.4 Å². The second-order valence-corrected chi connectivity index (χ2v) is 3.01. The van der Waals surface area contributed by atoms with Gasteiger partial charge in [-0.05, 0) is 22.8 Å². The Kier molecular flexibility index (Phi) is 2.11. The van der Waals surface area contributed by atoms with Crippen molar-refractivity contribution in [3.8, 4) is 0 Å². The van der Waals surface area contributed by atoms with Crippen molar-refractivity contribution in [3.05, 3.63) is 40.5 Å². The Morgan fingerprint density at radius 1 is 1.60 bits per heavy atom. The standard InChI is InChI=1S/C9H7N5O/c1-14-5-3-7-8(14)6(2-4-11-7)9(15)12-13-10/h2-5H,1H3. The highest BCUT2D eigenvalue weighted by atomic mass is 16.1. The lowest BCUT2D eigenvalue weighted by Crippen LogP contribution is -1.98. The minimum absolute atomic E-state index is 0.366. The molecule has 1 amide bonds. The Morgan fingerprint density at radius 3 is 3.13 bits per heavy atom. The van der Waals surface area contributed by atoms with Gasteiger partial charge in [-0.2, -0.15) is 0 Å². The maximum absolute atomic E-state index is 11.4. The van der Waals surface area contributed by atoms with Gasteiger partial charge in [0.05, 0.1) is 16.6 Å². The quantitative estimate of drug-likeness (QED) is 0.401. The summed E-state index contributed by atoms with van der Waals surface area (Å²) in [5.41, 5.74) is 9.95. The predicted molar refractivity (Wildman–Crippen MR) is 54.2 cm³/mol. The van der Waals surface area contributed by atoms with Crippen molar-refractivity contribution in [1.82, 2.24) is 9.55 Å². The van der Waals surface area contributed by atoms with Crippen LogP contribution in [-0.2, 0) is 7.05 Å². The molecule has 15 heavy (non-hydrogen) atoms. The van der Waals surface area contributed by atoms with E-state index < -0.39 is 5.91 Å². The van der Waals surface area contributed by atoms with Crippen LogP contribution in [0.25, 0.3) is 21.5 Å². The van der Waals surface area contributed by atoms with Crippen molar-refractivity contribution in [2.45, 2.75) is 0 Å². The van der Waals surface area contributed by atoms with Gasteiger partial charge < -0.3 is 4.57 Å². The van der Waals surface area contributed by atoms with Crippen LogP contribution in [-0.4, -0.2) is 15.5 Å². The van der Waals surface area contributed by atoms with Gasteiger partial charge in [-0.15, -0.1) is 0 Å². The van der Waals surface area contributed by atoms with Crippen molar-refractivity contribution in [2.24, 2.45) is 12.2 Å². The largest absolute Gasteiger partial charge is 0.349 e. The number of hydrogen-bond acceptors (Lipinski definition) is 2. The Hall–Kier alpha value is -2.33. The SMILES string of the molecule is Cn1ccc2nccc(C(=O)N=[N+]=[N-])c21. The van der Waals surface area contributed by atoms with Crippen LogP contribution in [0.2, 0.25) is 0 Å². The van der Waals surface area contributed by atoms with Gasteiger partial charge in [0.25, 0.3) is 5.91 Å². The third-order valence-corrected chi connectivity index (χ3v) is 2.13. The fourth-order valence-electron chi connectivity index (χ4n) is 1.49. The first-order valence-electron chi connectivity index (χ1n) is 4.23. The predicted octanol–water partition coefficient (Wildman–Crippen LogP) is 2.02. The molecule has 0 N–H and O–H groups in total. The molecule has 74 valence electrons. The van der Waals surface area contributed by atoms with Crippen molar-refractivity contribution in [3.63, 3.8) is 0 Å². The number of aromatic nitrogens is 2. The summed E-state index contributed by atoms with van der Waals surface area (Å²) in [6.07, 6.45) is 3.31. The Morgan fingerprint density at radius 2 is 2.40 bits per heavy atom. The normalized spacial score (nSPS) is 9.93. The molecule has 0 spiro atoms. The molecule has 0 radical (unpaired) electrons. The maximum atomic E-state index is 11.4.